The molecular formula is C17H12BrF2N5O2. The van der Waals surface area contributed by atoms with Gasteiger partial charge < -0.3 is 11.1 Å². The fourth-order valence-corrected chi connectivity index (χ4v) is 3.10. The van der Waals surface area contributed by atoms with Crippen LogP contribution in [0.15, 0.2) is 41.3 Å². The summed E-state index contributed by atoms with van der Waals surface area (Å²) in [5.41, 5.74) is 6.67. The van der Waals surface area contributed by atoms with Crippen LogP contribution in [0.4, 0.5) is 20.3 Å². The Kier molecular flexibility index (Phi) is 4.75. The molecule has 0 saturated carbocycles. The number of fused-ring (bicyclic) bond motifs is 1. The summed E-state index contributed by atoms with van der Waals surface area (Å²) in [6.07, 6.45) is 1.28. The largest absolute Gasteiger partial charge is 0.382 e. The number of nitrogens with two attached hydrogens (primary N) is 1. The third kappa shape index (κ3) is 3.31. The maximum Gasteiger partial charge on any atom is 0.283 e. The molecule has 0 bridgehead atoms. The fraction of sp³-hybridized carbons (Fsp3) is 0.0588. The van der Waals surface area contributed by atoms with Gasteiger partial charge >= 0.3 is 0 Å². The minimum absolute atomic E-state index is 0.0468. The van der Waals surface area contributed by atoms with Crippen molar-refractivity contribution in [2.45, 2.75) is 6.92 Å². The van der Waals surface area contributed by atoms with Crippen LogP contribution in [-0.4, -0.2) is 26.3 Å². The van der Waals surface area contributed by atoms with Gasteiger partial charge in [-0.3, -0.25) is 9.59 Å². The van der Waals surface area contributed by atoms with Crippen LogP contribution >= 0.6 is 15.9 Å². The molecule has 1 aromatic carbocycles. The number of ketones is 1. The Bertz CT molecular complexity index is 1130. The van der Waals surface area contributed by atoms with Crippen molar-refractivity contribution < 1.29 is 18.4 Å². The van der Waals surface area contributed by atoms with E-state index >= 15 is 0 Å². The Morgan fingerprint density at radius 3 is 2.67 bits per heavy atom. The van der Waals surface area contributed by atoms with E-state index in [1.54, 1.807) is 0 Å². The SMILES string of the molecule is C=C(F)C(=O)Nc1ccc(-c2nn3c(C(C)=O)cnc(N)c3c2Br)c(F)c1. The van der Waals surface area contributed by atoms with Crippen LogP contribution in [0.1, 0.15) is 17.4 Å². The number of anilines is 2. The first kappa shape index (κ1) is 18.6. The first-order chi connectivity index (χ1) is 12.7. The summed E-state index contributed by atoms with van der Waals surface area (Å²) >= 11 is 3.32. The van der Waals surface area contributed by atoms with E-state index in [-0.39, 0.29) is 34.2 Å². The molecule has 1 amide bonds. The van der Waals surface area contributed by atoms with Gasteiger partial charge in [0.1, 0.15) is 22.7 Å². The summed E-state index contributed by atoms with van der Waals surface area (Å²) < 4.78 is 29.0. The topological polar surface area (TPSA) is 102 Å². The zero-order valence-corrected chi connectivity index (χ0v) is 15.5. The number of carbonyl (C=O) groups excluding carboxylic acids is 2. The number of hydrogen-bond donors (Lipinski definition) is 2. The molecule has 0 aliphatic rings. The van der Waals surface area contributed by atoms with E-state index in [1.165, 1.54) is 29.8 Å². The number of carbonyl (C=O) groups is 2. The molecule has 0 radical (unpaired) electrons. The number of hydrogen-bond acceptors (Lipinski definition) is 5. The molecule has 7 nitrogen and oxygen atoms in total. The van der Waals surface area contributed by atoms with Crippen molar-refractivity contribution >= 4 is 44.6 Å². The second-order valence-corrected chi connectivity index (χ2v) is 6.35. The lowest BCUT2D eigenvalue weighted by molar-refractivity contribution is -0.114. The van der Waals surface area contributed by atoms with Crippen LogP contribution < -0.4 is 11.1 Å². The Morgan fingerprint density at radius 1 is 1.37 bits per heavy atom. The van der Waals surface area contributed by atoms with E-state index in [9.17, 15) is 18.4 Å². The summed E-state index contributed by atoms with van der Waals surface area (Å²) in [6.45, 7) is 4.21. The van der Waals surface area contributed by atoms with Crippen LogP contribution in [0.25, 0.3) is 16.8 Å². The second kappa shape index (κ2) is 6.88. The van der Waals surface area contributed by atoms with Crippen molar-refractivity contribution in [3.8, 4) is 11.3 Å². The van der Waals surface area contributed by atoms with Gasteiger partial charge in [0.05, 0.1) is 10.7 Å². The highest BCUT2D eigenvalue weighted by Gasteiger charge is 2.21. The Labute approximate surface area is 160 Å². The molecule has 3 N–H and O–H groups in total. The maximum atomic E-state index is 14.6. The predicted octanol–water partition coefficient (Wildman–Crippen LogP) is 3.50. The van der Waals surface area contributed by atoms with Gasteiger partial charge in [-0.25, -0.2) is 18.3 Å². The van der Waals surface area contributed by atoms with E-state index in [2.05, 4.69) is 37.9 Å². The average Bonchev–Trinajstić information content (AvgIpc) is 2.93. The molecule has 138 valence electrons. The molecule has 0 unspecified atom stereocenters. The normalized spacial score (nSPS) is 10.8. The number of amides is 1. The van der Waals surface area contributed by atoms with Crippen LogP contribution in [0.3, 0.4) is 0 Å². The molecule has 2 heterocycles. The van der Waals surface area contributed by atoms with Crippen molar-refractivity contribution in [2.24, 2.45) is 0 Å². The standard InChI is InChI=1S/C17H12BrF2N5O2/c1-7(19)17(27)23-9-3-4-10(11(20)5-9)14-13(18)15-16(21)22-6-12(8(2)26)25(15)24-14/h3-6H,1H2,2H3,(H2,21,22)(H,23,27). The van der Waals surface area contributed by atoms with Gasteiger partial charge in [-0.05, 0) is 34.1 Å². The molecule has 0 atom stereocenters. The molecule has 27 heavy (non-hydrogen) atoms. The number of nitrogens with zero attached hydrogens (tertiary/aromatic N) is 3. The van der Waals surface area contributed by atoms with E-state index < -0.39 is 17.6 Å². The van der Waals surface area contributed by atoms with Crippen molar-refractivity contribution in [2.75, 3.05) is 11.1 Å². The lowest BCUT2D eigenvalue weighted by Crippen LogP contribution is -2.11. The molecule has 3 aromatic rings. The van der Waals surface area contributed by atoms with Crippen LogP contribution in [0, 0.1) is 5.82 Å². The number of rotatable bonds is 4. The quantitative estimate of drug-likeness (QED) is 0.482. The van der Waals surface area contributed by atoms with E-state index in [4.69, 9.17) is 5.73 Å². The van der Waals surface area contributed by atoms with Crippen LogP contribution in [0.2, 0.25) is 0 Å². The first-order valence-corrected chi connectivity index (χ1v) is 8.29. The van der Waals surface area contributed by atoms with E-state index in [0.29, 0.717) is 9.99 Å². The highest BCUT2D eigenvalue weighted by Crippen LogP contribution is 2.35. The Balaban J connectivity index is 2.13. The van der Waals surface area contributed by atoms with Gasteiger partial charge in [0, 0.05) is 18.2 Å². The molecular weight excluding hydrogens is 424 g/mol. The summed E-state index contributed by atoms with van der Waals surface area (Å²) in [7, 11) is 0. The van der Waals surface area contributed by atoms with Crippen LogP contribution in [0.5, 0.6) is 0 Å². The third-order valence-corrected chi connectivity index (χ3v) is 4.46. The number of benzene rings is 1. The molecule has 0 aliphatic carbocycles. The molecule has 0 aliphatic heterocycles. The zero-order valence-electron chi connectivity index (χ0n) is 13.9. The van der Waals surface area contributed by atoms with Gasteiger partial charge in [0.25, 0.3) is 5.91 Å². The van der Waals surface area contributed by atoms with Crippen LogP contribution in [-0.2, 0) is 4.79 Å². The fourth-order valence-electron chi connectivity index (χ4n) is 2.44. The van der Waals surface area contributed by atoms with Crippen molar-refractivity contribution in [1.29, 1.82) is 0 Å². The minimum atomic E-state index is -1.19. The van der Waals surface area contributed by atoms with E-state index in [0.717, 1.165) is 6.07 Å². The molecule has 3 rings (SSSR count). The first-order valence-electron chi connectivity index (χ1n) is 7.50. The number of halogens is 3. The maximum absolute atomic E-state index is 14.6. The molecule has 0 saturated heterocycles. The molecule has 0 spiro atoms. The van der Waals surface area contributed by atoms with Crippen molar-refractivity contribution in [3.63, 3.8) is 0 Å². The van der Waals surface area contributed by atoms with E-state index in [1.807, 2.05) is 0 Å². The number of aromatic nitrogens is 3. The number of nitrogens with one attached hydrogen (secondary N) is 1. The Hall–Kier alpha value is -3.14. The number of nitrogen functional groups attached to an aromatic ring is 1. The Morgan fingerprint density at radius 2 is 2.07 bits per heavy atom. The highest BCUT2D eigenvalue weighted by atomic mass is 79.9. The summed E-state index contributed by atoms with van der Waals surface area (Å²) in [4.78, 5) is 27.1. The van der Waals surface area contributed by atoms with Crippen molar-refractivity contribution in [3.05, 3.63) is 52.8 Å². The molecule has 2 aromatic heterocycles. The monoisotopic (exact) mass is 435 g/mol. The number of Topliss-reactive ketones (excluding diaryl/α,β-unsaturated/α-hetero) is 1. The average molecular weight is 436 g/mol. The van der Waals surface area contributed by atoms with Crippen molar-refractivity contribution in [1.82, 2.24) is 14.6 Å². The summed E-state index contributed by atoms with van der Waals surface area (Å²) in [5, 5.41) is 6.44. The summed E-state index contributed by atoms with van der Waals surface area (Å²) in [6, 6.07) is 3.75. The smallest absolute Gasteiger partial charge is 0.283 e. The highest BCUT2D eigenvalue weighted by molar-refractivity contribution is 9.10. The molecule has 10 heteroatoms. The second-order valence-electron chi connectivity index (χ2n) is 5.56. The third-order valence-electron chi connectivity index (χ3n) is 3.71. The lowest BCUT2D eigenvalue weighted by Gasteiger charge is -2.06. The van der Waals surface area contributed by atoms with Gasteiger partial charge in [0.15, 0.2) is 17.4 Å². The summed E-state index contributed by atoms with van der Waals surface area (Å²) in [5.74, 6) is -3.17. The zero-order chi connectivity index (χ0) is 19.9. The minimum Gasteiger partial charge on any atom is -0.382 e. The molecule has 0 fully saturated rings. The predicted molar refractivity (Wildman–Crippen MR) is 99.4 cm³/mol. The van der Waals surface area contributed by atoms with Gasteiger partial charge in [-0.2, -0.15) is 5.10 Å². The van der Waals surface area contributed by atoms with Gasteiger partial charge in [-0.15, -0.1) is 0 Å². The lowest BCUT2D eigenvalue weighted by atomic mass is 10.1. The van der Waals surface area contributed by atoms with Gasteiger partial charge in [0.2, 0.25) is 0 Å². The van der Waals surface area contributed by atoms with Gasteiger partial charge in [-0.1, -0.05) is 6.58 Å².